The van der Waals surface area contributed by atoms with Crippen molar-refractivity contribution in [2.45, 2.75) is 6.18 Å². The van der Waals surface area contributed by atoms with E-state index < -0.39 is 68.5 Å². The van der Waals surface area contributed by atoms with Crippen molar-refractivity contribution in [3.8, 4) is 23.3 Å². The Morgan fingerprint density at radius 3 is 2.52 bits per heavy atom. The van der Waals surface area contributed by atoms with Crippen LogP contribution in [-0.2, 0) is 13.8 Å². The van der Waals surface area contributed by atoms with E-state index in [0.717, 1.165) is 18.2 Å². The molecule has 9 nitrogen and oxygen atoms in total. The van der Waals surface area contributed by atoms with Crippen LogP contribution in [0.4, 0.5) is 13.2 Å². The van der Waals surface area contributed by atoms with Gasteiger partial charge in [0.25, 0.3) is 0 Å². The molecule has 1 unspecified atom stereocenters. The summed E-state index contributed by atoms with van der Waals surface area (Å²) >= 11 is -4.02. The number of hydrogen-bond acceptors (Lipinski definition) is 7. The standard InChI is InChI=1S/C9H7F3N2O3P.C8H5O3.O.Sn/c10-9(11,12)8-3-7(2-1-6(8)4-13)17-18(15,16)5-14;9-6-3-5-1-2-11-8(5)4-7(6)10;;/h1-3,14H,5H2,(H,15,16);1,3-4,9-10H;;/q-1;;;+1. The van der Waals surface area contributed by atoms with E-state index in [1.165, 1.54) is 18.2 Å². The predicted octanol–water partition coefficient (Wildman–Crippen LogP) is 2.67. The third-order valence-electron chi connectivity index (χ3n) is 3.94. The molecule has 1 aromatic heterocycles. The zero-order valence-electron chi connectivity index (χ0n) is 15.2. The van der Waals surface area contributed by atoms with Gasteiger partial charge in [-0.1, -0.05) is 0 Å². The number of benzene rings is 2. The fourth-order valence-corrected chi connectivity index (χ4v) is 8.23. The molecule has 0 saturated heterocycles. The van der Waals surface area contributed by atoms with Crippen molar-refractivity contribution >= 4 is 42.4 Å². The van der Waals surface area contributed by atoms with Crippen LogP contribution in [0.5, 0.6) is 17.2 Å². The molecule has 14 heteroatoms. The average molecular weight is 563 g/mol. The Balaban J connectivity index is 1.72. The van der Waals surface area contributed by atoms with Crippen LogP contribution in [0.15, 0.2) is 40.8 Å². The number of hydrogen-bond donors (Lipinski definition) is 4. The van der Waals surface area contributed by atoms with Gasteiger partial charge in [-0.05, 0) is 0 Å². The van der Waals surface area contributed by atoms with Gasteiger partial charge < -0.3 is 0 Å². The number of nitriles is 1. The van der Waals surface area contributed by atoms with E-state index in [9.17, 15) is 35.9 Å². The second-order valence-electron chi connectivity index (χ2n) is 6.20. The number of aromatic hydroxyl groups is 2. The summed E-state index contributed by atoms with van der Waals surface area (Å²) < 4.78 is 76.0. The number of phenolic OH excluding ortho intramolecular Hbond substituents is 2. The van der Waals surface area contributed by atoms with E-state index in [0.29, 0.717) is 11.5 Å². The summed E-state index contributed by atoms with van der Waals surface area (Å²) in [4.78, 5) is 9.92. The molecule has 0 spiro atoms. The first kappa shape index (κ1) is 23.1. The SMILES string of the molecule is N#Cc1ccc(OP(=O)(O)C[NH][Sn](=[O])[c]2cc3cc(O)c(O)cc3o2)cc1C(F)(F)F. The Morgan fingerprint density at radius 1 is 1.19 bits per heavy atom. The maximum atomic E-state index is 13.0. The number of phenols is 2. The third kappa shape index (κ3) is 5.37. The van der Waals surface area contributed by atoms with Crippen molar-refractivity contribution in [3.63, 3.8) is 0 Å². The van der Waals surface area contributed by atoms with Crippen LogP contribution in [0, 0.1) is 11.3 Å². The molecule has 3 aromatic rings. The summed E-state index contributed by atoms with van der Waals surface area (Å²) in [5.41, 5.74) is -1.88. The minimum absolute atomic E-state index is 0.0415. The minimum atomic E-state index is -4.87. The maximum absolute atomic E-state index is 13.0. The molecule has 31 heavy (non-hydrogen) atoms. The first-order chi connectivity index (χ1) is 14.4. The number of fused-ring (bicyclic) bond motifs is 1. The molecule has 0 aliphatic heterocycles. The van der Waals surface area contributed by atoms with Gasteiger partial charge in [0.2, 0.25) is 0 Å². The van der Waals surface area contributed by atoms with Crippen molar-refractivity contribution < 1.29 is 44.9 Å². The summed E-state index contributed by atoms with van der Waals surface area (Å²) in [6, 6.07) is 7.15. The number of nitrogens with one attached hydrogen (secondary N) is 1. The third-order valence-corrected chi connectivity index (χ3v) is 9.25. The molecule has 2 aromatic carbocycles. The quantitative estimate of drug-likeness (QED) is 0.202. The number of rotatable bonds is 6. The van der Waals surface area contributed by atoms with Crippen LogP contribution in [0.1, 0.15) is 11.1 Å². The summed E-state index contributed by atoms with van der Waals surface area (Å²) in [5, 5.41) is 28.0. The van der Waals surface area contributed by atoms with Gasteiger partial charge in [-0.15, -0.1) is 0 Å². The van der Waals surface area contributed by atoms with E-state index in [1.807, 2.05) is 0 Å². The molecule has 162 valence electrons. The van der Waals surface area contributed by atoms with E-state index in [4.69, 9.17) is 14.2 Å². The molecule has 0 radical (unpaired) electrons. The zero-order valence-corrected chi connectivity index (χ0v) is 18.9. The summed E-state index contributed by atoms with van der Waals surface area (Å²) in [7, 11) is -4.57. The van der Waals surface area contributed by atoms with Gasteiger partial charge in [-0.25, -0.2) is 0 Å². The molecule has 0 bridgehead atoms. The van der Waals surface area contributed by atoms with Crippen molar-refractivity contribution in [1.29, 1.82) is 5.26 Å². The normalized spacial score (nSPS) is 13.5. The van der Waals surface area contributed by atoms with Gasteiger partial charge in [0.15, 0.2) is 0 Å². The van der Waals surface area contributed by atoms with E-state index in [1.54, 1.807) is 0 Å². The molecule has 0 aliphatic carbocycles. The van der Waals surface area contributed by atoms with Gasteiger partial charge in [-0.2, -0.15) is 0 Å². The molecular weight excluding hydrogens is 551 g/mol. The second-order valence-corrected chi connectivity index (χ2v) is 12.3. The fourth-order valence-electron chi connectivity index (χ4n) is 2.54. The molecular formula is C17H12F3N2O7PSn. The van der Waals surface area contributed by atoms with Crippen molar-refractivity contribution in [3.05, 3.63) is 47.5 Å². The van der Waals surface area contributed by atoms with E-state index >= 15 is 0 Å². The Labute approximate surface area is 179 Å². The Bertz CT molecular complexity index is 1230. The molecule has 0 aliphatic rings. The topological polar surface area (TPSA) is 153 Å². The fraction of sp³-hybridized carbons (Fsp3) is 0.118. The monoisotopic (exact) mass is 564 g/mol. The van der Waals surface area contributed by atoms with Gasteiger partial charge in [-0.3, -0.25) is 0 Å². The number of alkyl halides is 3. The molecule has 0 amide bonds. The molecule has 4 N–H and O–H groups in total. The summed E-state index contributed by atoms with van der Waals surface area (Å²) in [5.74, 6) is -1.46. The zero-order chi connectivity index (χ0) is 23.0. The van der Waals surface area contributed by atoms with Gasteiger partial charge in [0, 0.05) is 0 Å². The van der Waals surface area contributed by atoms with Crippen LogP contribution in [0.25, 0.3) is 11.0 Å². The first-order valence-electron chi connectivity index (χ1n) is 8.26. The van der Waals surface area contributed by atoms with Crippen LogP contribution in [-0.4, -0.2) is 41.4 Å². The van der Waals surface area contributed by atoms with Crippen molar-refractivity contribution in [1.82, 2.24) is 3.54 Å². The van der Waals surface area contributed by atoms with Gasteiger partial charge in [0.1, 0.15) is 0 Å². The Morgan fingerprint density at radius 2 is 1.87 bits per heavy atom. The van der Waals surface area contributed by atoms with Crippen molar-refractivity contribution in [2.75, 3.05) is 6.29 Å². The number of halogens is 3. The predicted molar refractivity (Wildman–Crippen MR) is 100 cm³/mol. The molecule has 0 saturated carbocycles. The van der Waals surface area contributed by atoms with Gasteiger partial charge >= 0.3 is 179 Å². The van der Waals surface area contributed by atoms with Crippen LogP contribution >= 0.6 is 7.60 Å². The Kier molecular flexibility index (Phi) is 6.33. The second kappa shape index (κ2) is 8.50. The molecule has 1 heterocycles. The molecule has 3 rings (SSSR count). The van der Waals surface area contributed by atoms with Crippen LogP contribution in [0.2, 0.25) is 0 Å². The Hall–Kier alpha value is -2.59. The van der Waals surface area contributed by atoms with Crippen molar-refractivity contribution in [2.24, 2.45) is 0 Å². The summed E-state index contributed by atoms with van der Waals surface area (Å²) in [6.07, 6.45) is -5.72. The first-order valence-corrected chi connectivity index (χ1v) is 14.0. The summed E-state index contributed by atoms with van der Waals surface area (Å²) in [6.45, 7) is 0. The van der Waals surface area contributed by atoms with E-state index in [2.05, 4.69) is 3.54 Å². The molecule has 1 atom stereocenters. The number of furan rings is 1. The average Bonchev–Trinajstić information content (AvgIpc) is 3.08. The molecule has 0 fully saturated rings. The van der Waals surface area contributed by atoms with Crippen LogP contribution < -0.4 is 11.8 Å². The number of nitrogens with zero attached hydrogens (tertiary/aromatic N) is 1. The van der Waals surface area contributed by atoms with E-state index in [-0.39, 0.29) is 9.36 Å². The van der Waals surface area contributed by atoms with Crippen LogP contribution in [0.3, 0.4) is 0 Å². The van der Waals surface area contributed by atoms with Gasteiger partial charge in [0.05, 0.1) is 0 Å².